The van der Waals surface area contributed by atoms with E-state index in [4.69, 9.17) is 4.74 Å². The number of rotatable bonds is 4. The van der Waals surface area contributed by atoms with Crippen molar-refractivity contribution < 1.29 is 13.9 Å². The normalized spacial score (nSPS) is 19.0. The van der Waals surface area contributed by atoms with Crippen molar-refractivity contribution in [1.82, 2.24) is 14.9 Å². The summed E-state index contributed by atoms with van der Waals surface area (Å²) in [5, 5.41) is 2.87. The van der Waals surface area contributed by atoms with Gasteiger partial charge in [0, 0.05) is 36.9 Å². The Morgan fingerprint density at radius 2 is 2.26 bits per heavy atom. The van der Waals surface area contributed by atoms with Crippen LogP contribution in [0.2, 0.25) is 0 Å². The summed E-state index contributed by atoms with van der Waals surface area (Å²) in [5.41, 5.74) is 0.553. The van der Waals surface area contributed by atoms with Crippen molar-refractivity contribution >= 4 is 5.91 Å². The lowest BCUT2D eigenvalue weighted by Crippen LogP contribution is -2.34. The van der Waals surface area contributed by atoms with Crippen LogP contribution < -0.4 is 15.6 Å². The van der Waals surface area contributed by atoms with Gasteiger partial charge in [0.15, 0.2) is 0 Å². The van der Waals surface area contributed by atoms with E-state index in [1.165, 1.54) is 35.3 Å². The fourth-order valence-corrected chi connectivity index (χ4v) is 2.60. The van der Waals surface area contributed by atoms with Crippen LogP contribution in [0.1, 0.15) is 24.9 Å². The number of aryl methyl sites for hydroxylation is 1. The first-order chi connectivity index (χ1) is 11.0. The minimum atomic E-state index is -0.376. The van der Waals surface area contributed by atoms with Gasteiger partial charge in [0.1, 0.15) is 17.7 Å². The Balaban J connectivity index is 1.65. The quantitative estimate of drug-likeness (QED) is 0.925. The molecule has 0 saturated carbocycles. The average molecular weight is 317 g/mol. The second-order valence-electron chi connectivity index (χ2n) is 5.41. The number of carbonyl (C=O) groups is 1. The smallest absolute Gasteiger partial charge is 0.253 e. The Morgan fingerprint density at radius 1 is 1.43 bits per heavy atom. The van der Waals surface area contributed by atoms with E-state index in [2.05, 4.69) is 10.3 Å². The maximum Gasteiger partial charge on any atom is 0.253 e. The summed E-state index contributed by atoms with van der Waals surface area (Å²) in [7, 11) is 0. The maximum absolute atomic E-state index is 13.2. The molecule has 1 N–H and O–H groups in total. The molecular formula is C16H16FN3O3. The first kappa shape index (κ1) is 15.2. The van der Waals surface area contributed by atoms with Crippen LogP contribution in [0.5, 0.6) is 5.75 Å². The number of hydrogen-bond acceptors (Lipinski definition) is 4. The van der Waals surface area contributed by atoms with E-state index in [1.807, 2.05) is 6.92 Å². The summed E-state index contributed by atoms with van der Waals surface area (Å²) in [4.78, 5) is 27.5. The van der Waals surface area contributed by atoms with E-state index in [0.717, 1.165) is 5.56 Å². The van der Waals surface area contributed by atoms with Gasteiger partial charge in [-0.1, -0.05) is 6.07 Å². The largest absolute Gasteiger partial charge is 0.488 e. The highest BCUT2D eigenvalue weighted by atomic mass is 19.1. The number of carbonyl (C=O) groups excluding carboxylic acids is 1. The van der Waals surface area contributed by atoms with Crippen molar-refractivity contribution in [2.24, 2.45) is 0 Å². The Bertz CT molecular complexity index is 790. The summed E-state index contributed by atoms with van der Waals surface area (Å²) in [6, 6.07) is 5.28. The van der Waals surface area contributed by atoms with Crippen LogP contribution in [-0.2, 0) is 11.3 Å². The fraction of sp³-hybridized carbons (Fsp3) is 0.312. The summed E-state index contributed by atoms with van der Waals surface area (Å²) in [6.07, 6.45) is 2.67. The average Bonchev–Trinajstić information content (AvgIpc) is 2.81. The number of nitrogens with zero attached hydrogens (tertiary/aromatic N) is 2. The van der Waals surface area contributed by atoms with Crippen molar-refractivity contribution in [2.45, 2.75) is 32.0 Å². The molecule has 0 fully saturated rings. The Kier molecular flexibility index (Phi) is 4.10. The van der Waals surface area contributed by atoms with E-state index in [1.54, 1.807) is 6.07 Å². The van der Waals surface area contributed by atoms with Crippen LogP contribution in [-0.4, -0.2) is 21.6 Å². The van der Waals surface area contributed by atoms with Crippen molar-refractivity contribution in [2.75, 3.05) is 0 Å². The van der Waals surface area contributed by atoms with Crippen LogP contribution in [0.3, 0.4) is 0 Å². The van der Waals surface area contributed by atoms with Crippen LogP contribution in [0.4, 0.5) is 4.39 Å². The van der Waals surface area contributed by atoms with E-state index in [-0.39, 0.29) is 42.4 Å². The van der Waals surface area contributed by atoms with Gasteiger partial charge in [0.05, 0.1) is 12.4 Å². The summed E-state index contributed by atoms with van der Waals surface area (Å²) < 4.78 is 20.2. The number of hydrogen-bond donors (Lipinski definition) is 1. The fourth-order valence-electron chi connectivity index (χ4n) is 2.60. The molecule has 0 spiro atoms. The second kappa shape index (κ2) is 6.20. The van der Waals surface area contributed by atoms with Crippen LogP contribution in [0.25, 0.3) is 0 Å². The maximum atomic E-state index is 13.2. The molecule has 0 saturated heterocycles. The lowest BCUT2D eigenvalue weighted by Gasteiger charge is -2.17. The molecule has 1 amide bonds. The molecule has 1 aliphatic rings. The minimum absolute atomic E-state index is 0.144. The first-order valence-corrected chi connectivity index (χ1v) is 7.30. The zero-order chi connectivity index (χ0) is 16.4. The number of fused-ring (bicyclic) bond motifs is 1. The predicted molar refractivity (Wildman–Crippen MR) is 80.5 cm³/mol. The number of ether oxygens (including phenoxy) is 1. The zero-order valence-corrected chi connectivity index (χ0v) is 12.5. The molecule has 1 aromatic carbocycles. The van der Waals surface area contributed by atoms with Gasteiger partial charge >= 0.3 is 0 Å². The van der Waals surface area contributed by atoms with Gasteiger partial charge in [-0.3, -0.25) is 14.2 Å². The van der Waals surface area contributed by atoms with Gasteiger partial charge in [-0.2, -0.15) is 0 Å². The van der Waals surface area contributed by atoms with E-state index >= 15 is 0 Å². The molecule has 2 atom stereocenters. The summed E-state index contributed by atoms with van der Waals surface area (Å²) >= 11 is 0. The van der Waals surface area contributed by atoms with Gasteiger partial charge in [0.2, 0.25) is 5.91 Å². The number of halogens is 1. The molecular weight excluding hydrogens is 301 g/mol. The standard InChI is InChI=1S/C16H16FN3O3/c1-10-16(12-3-2-11(17)8-13(12)23-10)19-14(21)5-7-20-9-18-6-4-15(20)22/h2-4,6,8-10,16H,5,7H2,1H3,(H,19,21)/t10-,16-/m1/s1. The SMILES string of the molecule is C[C@H]1Oc2cc(F)ccc2[C@@H]1NC(=O)CCn1cnccc1=O. The monoisotopic (exact) mass is 317 g/mol. The third-order valence-electron chi connectivity index (χ3n) is 3.78. The third kappa shape index (κ3) is 3.23. The molecule has 7 heteroatoms. The highest BCUT2D eigenvalue weighted by Gasteiger charge is 2.32. The van der Waals surface area contributed by atoms with E-state index < -0.39 is 0 Å². The van der Waals surface area contributed by atoms with Gasteiger partial charge in [0.25, 0.3) is 5.56 Å². The molecule has 1 aliphatic heterocycles. The number of amides is 1. The zero-order valence-electron chi connectivity index (χ0n) is 12.5. The number of aromatic nitrogens is 2. The summed E-state index contributed by atoms with van der Waals surface area (Å²) in [5.74, 6) is -0.136. The van der Waals surface area contributed by atoms with E-state index in [9.17, 15) is 14.0 Å². The van der Waals surface area contributed by atoms with Crippen molar-refractivity contribution in [3.8, 4) is 5.75 Å². The topological polar surface area (TPSA) is 73.2 Å². The minimum Gasteiger partial charge on any atom is -0.488 e. The highest BCUT2D eigenvalue weighted by Crippen LogP contribution is 2.36. The molecule has 0 bridgehead atoms. The molecule has 6 nitrogen and oxygen atoms in total. The molecule has 0 aliphatic carbocycles. The molecule has 2 aromatic rings. The molecule has 1 aromatic heterocycles. The van der Waals surface area contributed by atoms with Gasteiger partial charge in [-0.05, 0) is 13.0 Å². The Labute approximate surface area is 131 Å². The molecule has 23 heavy (non-hydrogen) atoms. The van der Waals surface area contributed by atoms with Crippen molar-refractivity contribution in [1.29, 1.82) is 0 Å². The van der Waals surface area contributed by atoms with Crippen LogP contribution in [0.15, 0.2) is 41.6 Å². The van der Waals surface area contributed by atoms with Gasteiger partial charge < -0.3 is 10.1 Å². The first-order valence-electron chi connectivity index (χ1n) is 7.30. The predicted octanol–water partition coefficient (Wildman–Crippen LogP) is 1.41. The lowest BCUT2D eigenvalue weighted by molar-refractivity contribution is -0.122. The number of benzene rings is 1. The highest BCUT2D eigenvalue weighted by molar-refractivity contribution is 5.76. The molecule has 3 rings (SSSR count). The molecule has 120 valence electrons. The Morgan fingerprint density at radius 3 is 3.04 bits per heavy atom. The number of nitrogens with one attached hydrogen (secondary N) is 1. The Hall–Kier alpha value is -2.70. The molecule has 0 radical (unpaired) electrons. The van der Waals surface area contributed by atoms with E-state index in [0.29, 0.717) is 5.75 Å². The van der Waals surface area contributed by atoms with Gasteiger partial charge in [-0.15, -0.1) is 0 Å². The summed E-state index contributed by atoms with van der Waals surface area (Å²) in [6.45, 7) is 2.06. The van der Waals surface area contributed by atoms with Crippen molar-refractivity contribution in [3.63, 3.8) is 0 Å². The lowest BCUT2D eigenvalue weighted by atomic mass is 10.0. The molecule has 0 unspecified atom stereocenters. The van der Waals surface area contributed by atoms with Gasteiger partial charge in [-0.25, -0.2) is 9.37 Å². The molecule has 2 heterocycles. The van der Waals surface area contributed by atoms with Crippen LogP contribution >= 0.6 is 0 Å². The third-order valence-corrected chi connectivity index (χ3v) is 3.78. The van der Waals surface area contributed by atoms with Crippen LogP contribution in [0, 0.1) is 5.82 Å². The van der Waals surface area contributed by atoms with Crippen molar-refractivity contribution in [3.05, 3.63) is 58.5 Å². The second-order valence-corrected chi connectivity index (χ2v) is 5.41.